The molecule has 0 unspecified atom stereocenters. The molecule has 0 aliphatic heterocycles. The molecule has 0 aliphatic carbocycles. The Hall–Kier alpha value is -2.49. The second-order valence-electron chi connectivity index (χ2n) is 9.00. The predicted molar refractivity (Wildman–Crippen MR) is 149 cm³/mol. The highest BCUT2D eigenvalue weighted by atomic mass is 35.5. The Labute approximate surface area is 229 Å². The summed E-state index contributed by atoms with van der Waals surface area (Å²) in [4.78, 5) is 27.9. The van der Waals surface area contributed by atoms with E-state index in [-0.39, 0.29) is 43.8 Å². The Kier molecular flexibility index (Phi) is 11.5. The average molecular weight is 573 g/mol. The monoisotopic (exact) mass is 571 g/mol. The van der Waals surface area contributed by atoms with Crippen LogP contribution in [0.1, 0.15) is 45.6 Å². The van der Waals surface area contributed by atoms with Gasteiger partial charge in [0.05, 0.1) is 29.1 Å². The van der Waals surface area contributed by atoms with Crippen LogP contribution in [0.15, 0.2) is 42.5 Å². The Morgan fingerprint density at radius 2 is 1.78 bits per heavy atom. The second kappa shape index (κ2) is 13.9. The normalized spacial score (nSPS) is 12.2. The molecule has 0 aromatic heterocycles. The number of nitrogens with one attached hydrogen (secondary N) is 1. The van der Waals surface area contributed by atoms with Crippen molar-refractivity contribution in [1.82, 2.24) is 10.2 Å². The molecular formula is C26H35Cl2N3O5S. The number of hydrogen-bond donors (Lipinski definition) is 1. The molecule has 0 saturated carbocycles. The number of ether oxygens (including phenoxy) is 1. The fourth-order valence-electron chi connectivity index (χ4n) is 3.90. The SMILES string of the molecule is CC[C@@H](C(=O)NC(C)C)N(Cc1ccc(Cl)c(Cl)c1)C(=O)CCCN(c1cccc(OC)c1)S(C)(=O)=O. The lowest BCUT2D eigenvalue weighted by atomic mass is 10.1. The number of anilines is 1. The average Bonchev–Trinajstić information content (AvgIpc) is 2.82. The minimum Gasteiger partial charge on any atom is -0.497 e. The standard InChI is InChI=1S/C26H35Cl2N3O5S/c1-6-24(26(33)29-18(2)3)30(17-19-12-13-22(27)23(28)15-19)25(32)11-8-14-31(37(5,34)35)20-9-7-10-21(16-20)36-4/h7,9-10,12-13,15-16,18,24H,6,8,11,14,17H2,1-5H3,(H,29,33)/t24-/m0/s1. The third-order valence-corrected chi connectivity index (χ3v) is 7.58. The molecule has 0 bridgehead atoms. The maximum atomic E-state index is 13.5. The molecule has 37 heavy (non-hydrogen) atoms. The molecule has 0 aliphatic rings. The quantitative estimate of drug-likeness (QED) is 0.369. The Morgan fingerprint density at radius 3 is 2.35 bits per heavy atom. The maximum absolute atomic E-state index is 13.5. The summed E-state index contributed by atoms with van der Waals surface area (Å²) in [5, 5.41) is 3.63. The minimum atomic E-state index is -3.60. The molecule has 0 heterocycles. The van der Waals surface area contributed by atoms with Gasteiger partial charge in [0.2, 0.25) is 21.8 Å². The topological polar surface area (TPSA) is 96.0 Å². The van der Waals surface area contributed by atoms with Gasteiger partial charge in [-0.2, -0.15) is 0 Å². The first-order valence-electron chi connectivity index (χ1n) is 12.0. The van der Waals surface area contributed by atoms with Gasteiger partial charge in [0.1, 0.15) is 11.8 Å². The van der Waals surface area contributed by atoms with E-state index in [2.05, 4.69) is 5.32 Å². The van der Waals surface area contributed by atoms with E-state index in [0.29, 0.717) is 27.9 Å². The summed E-state index contributed by atoms with van der Waals surface area (Å²) in [5.74, 6) is 0.00737. The molecule has 1 atom stereocenters. The molecule has 2 amide bonds. The van der Waals surface area contributed by atoms with E-state index in [4.69, 9.17) is 27.9 Å². The van der Waals surface area contributed by atoms with Gasteiger partial charge in [-0.05, 0) is 56.5 Å². The van der Waals surface area contributed by atoms with Gasteiger partial charge in [-0.15, -0.1) is 0 Å². The summed E-state index contributed by atoms with van der Waals surface area (Å²) in [6, 6.07) is 11.0. The van der Waals surface area contributed by atoms with E-state index in [1.54, 1.807) is 42.5 Å². The van der Waals surface area contributed by atoms with Gasteiger partial charge in [-0.3, -0.25) is 13.9 Å². The van der Waals surface area contributed by atoms with Crippen molar-refractivity contribution in [3.05, 3.63) is 58.1 Å². The molecule has 2 rings (SSSR count). The van der Waals surface area contributed by atoms with E-state index in [1.807, 2.05) is 20.8 Å². The number of benzene rings is 2. The summed E-state index contributed by atoms with van der Waals surface area (Å²) >= 11 is 12.2. The lowest BCUT2D eigenvalue weighted by Crippen LogP contribution is -2.50. The number of methoxy groups -OCH3 is 1. The summed E-state index contributed by atoms with van der Waals surface area (Å²) in [7, 11) is -2.10. The molecule has 2 aromatic carbocycles. The molecule has 1 N–H and O–H groups in total. The van der Waals surface area contributed by atoms with Crippen LogP contribution in [-0.4, -0.2) is 57.1 Å². The Morgan fingerprint density at radius 1 is 1.08 bits per heavy atom. The van der Waals surface area contributed by atoms with Crippen LogP contribution in [0.25, 0.3) is 0 Å². The third kappa shape index (κ3) is 9.09. The zero-order chi connectivity index (χ0) is 27.8. The molecule has 8 nitrogen and oxygen atoms in total. The molecule has 2 aromatic rings. The highest BCUT2D eigenvalue weighted by Gasteiger charge is 2.29. The number of nitrogens with zero attached hydrogens (tertiary/aromatic N) is 2. The number of hydrogen-bond acceptors (Lipinski definition) is 5. The fraction of sp³-hybridized carbons (Fsp3) is 0.462. The second-order valence-corrected chi connectivity index (χ2v) is 11.7. The van der Waals surface area contributed by atoms with Gasteiger partial charge >= 0.3 is 0 Å². The molecule has 0 spiro atoms. The number of carbonyl (C=O) groups is 2. The molecular weight excluding hydrogens is 537 g/mol. The van der Waals surface area contributed by atoms with Gasteiger partial charge < -0.3 is 15.0 Å². The van der Waals surface area contributed by atoms with Gasteiger partial charge in [0, 0.05) is 31.6 Å². The summed E-state index contributed by atoms with van der Waals surface area (Å²) in [6.45, 7) is 5.80. The van der Waals surface area contributed by atoms with Crippen LogP contribution in [-0.2, 0) is 26.2 Å². The lowest BCUT2D eigenvalue weighted by molar-refractivity contribution is -0.141. The largest absolute Gasteiger partial charge is 0.497 e. The van der Waals surface area contributed by atoms with Gasteiger partial charge in [-0.1, -0.05) is 42.3 Å². The fourth-order valence-corrected chi connectivity index (χ4v) is 5.18. The van der Waals surface area contributed by atoms with Crippen molar-refractivity contribution < 1.29 is 22.7 Å². The van der Waals surface area contributed by atoms with E-state index < -0.39 is 16.1 Å². The van der Waals surface area contributed by atoms with E-state index >= 15 is 0 Å². The maximum Gasteiger partial charge on any atom is 0.243 e. The first-order valence-corrected chi connectivity index (χ1v) is 14.6. The third-order valence-electron chi connectivity index (χ3n) is 5.65. The number of carbonyl (C=O) groups excluding carboxylic acids is 2. The zero-order valence-corrected chi connectivity index (χ0v) is 24.2. The minimum absolute atomic E-state index is 0.0444. The number of rotatable bonds is 13. The lowest BCUT2D eigenvalue weighted by Gasteiger charge is -2.31. The number of amides is 2. The number of halogens is 2. The summed E-state index contributed by atoms with van der Waals surface area (Å²) < 4.78 is 31.5. The van der Waals surface area contributed by atoms with Crippen molar-refractivity contribution in [3.63, 3.8) is 0 Å². The summed E-state index contributed by atoms with van der Waals surface area (Å²) in [6.07, 6.45) is 1.82. The van der Waals surface area contributed by atoms with Crippen molar-refractivity contribution in [2.45, 2.75) is 58.7 Å². The highest BCUT2D eigenvalue weighted by molar-refractivity contribution is 7.92. The van der Waals surface area contributed by atoms with Crippen LogP contribution in [0, 0.1) is 0 Å². The molecule has 11 heteroatoms. The highest BCUT2D eigenvalue weighted by Crippen LogP contribution is 2.26. The molecule has 0 fully saturated rings. The zero-order valence-electron chi connectivity index (χ0n) is 21.8. The van der Waals surface area contributed by atoms with E-state index in [1.165, 1.54) is 16.3 Å². The van der Waals surface area contributed by atoms with Crippen LogP contribution >= 0.6 is 23.2 Å². The molecule has 0 saturated heterocycles. The Balaban J connectivity index is 2.25. The van der Waals surface area contributed by atoms with E-state index in [0.717, 1.165) is 11.8 Å². The van der Waals surface area contributed by atoms with Crippen molar-refractivity contribution in [3.8, 4) is 5.75 Å². The predicted octanol–water partition coefficient (Wildman–Crippen LogP) is 4.88. The molecule has 0 radical (unpaired) electrons. The van der Waals surface area contributed by atoms with Crippen molar-refractivity contribution >= 4 is 50.7 Å². The van der Waals surface area contributed by atoms with Crippen molar-refractivity contribution in [2.75, 3.05) is 24.2 Å². The van der Waals surface area contributed by atoms with Crippen LogP contribution < -0.4 is 14.4 Å². The Bertz CT molecular complexity index is 1190. The first kappa shape index (κ1) is 30.7. The van der Waals surface area contributed by atoms with Crippen molar-refractivity contribution in [2.24, 2.45) is 0 Å². The van der Waals surface area contributed by atoms with Crippen LogP contribution in [0.2, 0.25) is 10.0 Å². The van der Waals surface area contributed by atoms with Crippen LogP contribution in [0.5, 0.6) is 5.75 Å². The van der Waals surface area contributed by atoms with E-state index in [9.17, 15) is 18.0 Å². The van der Waals surface area contributed by atoms with Gasteiger partial charge in [0.15, 0.2) is 0 Å². The van der Waals surface area contributed by atoms with Crippen LogP contribution in [0.4, 0.5) is 5.69 Å². The number of sulfonamides is 1. The first-order chi connectivity index (χ1) is 17.4. The van der Waals surface area contributed by atoms with Gasteiger partial charge in [-0.25, -0.2) is 8.42 Å². The smallest absolute Gasteiger partial charge is 0.243 e. The van der Waals surface area contributed by atoms with Gasteiger partial charge in [0.25, 0.3) is 0 Å². The van der Waals surface area contributed by atoms with Crippen molar-refractivity contribution in [1.29, 1.82) is 0 Å². The summed E-state index contributed by atoms with van der Waals surface area (Å²) in [5.41, 5.74) is 1.18. The molecule has 204 valence electrons. The van der Waals surface area contributed by atoms with Crippen LogP contribution in [0.3, 0.4) is 0 Å².